The molecule has 0 N–H and O–H groups in total. The molecule has 0 unspecified atom stereocenters. The zero-order valence-electron chi connectivity index (χ0n) is 14.8. The standard InChI is InChI=1S/C19H21NO5S/c1-3-4-11-25-16-10-9-14(12-17(16)24-2)13-20-15-7-5-6-8-18(15)26(22,23)19(20)21/h5-10,12H,3-4,11,13H2,1-2H3. The van der Waals surface area contributed by atoms with Gasteiger partial charge in [0.15, 0.2) is 11.5 Å². The Hall–Kier alpha value is -2.54. The van der Waals surface area contributed by atoms with Crippen LogP contribution in [0.4, 0.5) is 10.5 Å². The highest BCUT2D eigenvalue weighted by Gasteiger charge is 2.41. The van der Waals surface area contributed by atoms with Crippen molar-refractivity contribution in [1.82, 2.24) is 0 Å². The smallest absolute Gasteiger partial charge is 0.348 e. The summed E-state index contributed by atoms with van der Waals surface area (Å²) in [7, 11) is -2.41. The van der Waals surface area contributed by atoms with Crippen molar-refractivity contribution in [2.45, 2.75) is 31.2 Å². The van der Waals surface area contributed by atoms with Crippen LogP contribution in [0, 0.1) is 0 Å². The van der Waals surface area contributed by atoms with Crippen molar-refractivity contribution in [3.63, 3.8) is 0 Å². The van der Waals surface area contributed by atoms with Gasteiger partial charge in [-0.25, -0.2) is 8.42 Å². The Balaban J connectivity index is 1.86. The second-order valence-corrected chi connectivity index (χ2v) is 7.81. The van der Waals surface area contributed by atoms with Gasteiger partial charge in [0, 0.05) is 0 Å². The molecule has 0 saturated carbocycles. The summed E-state index contributed by atoms with van der Waals surface area (Å²) in [5.41, 5.74) is 1.16. The first-order valence-corrected chi connectivity index (χ1v) is 9.92. The Labute approximate surface area is 153 Å². The molecule has 1 aliphatic heterocycles. The van der Waals surface area contributed by atoms with Crippen LogP contribution >= 0.6 is 0 Å². The van der Waals surface area contributed by atoms with E-state index in [4.69, 9.17) is 9.47 Å². The van der Waals surface area contributed by atoms with Crippen LogP contribution in [-0.4, -0.2) is 27.4 Å². The van der Waals surface area contributed by atoms with E-state index in [0.29, 0.717) is 23.8 Å². The summed E-state index contributed by atoms with van der Waals surface area (Å²) in [6.45, 7) is 2.83. The fourth-order valence-electron chi connectivity index (χ4n) is 2.83. The summed E-state index contributed by atoms with van der Waals surface area (Å²) < 4.78 is 35.6. The lowest BCUT2D eigenvalue weighted by Gasteiger charge is -2.17. The van der Waals surface area contributed by atoms with Crippen LogP contribution in [0.2, 0.25) is 0 Å². The SMILES string of the molecule is CCCCOc1ccc(CN2C(=O)S(=O)(=O)c3ccccc32)cc1OC. The molecule has 0 spiro atoms. The van der Waals surface area contributed by atoms with E-state index in [1.807, 2.05) is 6.07 Å². The highest BCUT2D eigenvalue weighted by Crippen LogP contribution is 2.37. The lowest BCUT2D eigenvalue weighted by Crippen LogP contribution is -2.28. The maximum atomic E-state index is 12.4. The maximum Gasteiger partial charge on any atom is 0.348 e. The molecule has 1 heterocycles. The number of hydrogen-bond donors (Lipinski definition) is 0. The number of methoxy groups -OCH3 is 1. The van der Waals surface area contributed by atoms with Crippen molar-refractivity contribution in [3.8, 4) is 11.5 Å². The predicted molar refractivity (Wildman–Crippen MR) is 98.6 cm³/mol. The van der Waals surface area contributed by atoms with E-state index in [1.165, 1.54) is 11.0 Å². The number of hydrogen-bond acceptors (Lipinski definition) is 5. The summed E-state index contributed by atoms with van der Waals surface area (Å²) in [6.07, 6.45) is 1.98. The van der Waals surface area contributed by atoms with E-state index < -0.39 is 15.1 Å². The minimum Gasteiger partial charge on any atom is -0.493 e. The van der Waals surface area contributed by atoms with Crippen molar-refractivity contribution in [1.29, 1.82) is 0 Å². The molecule has 0 fully saturated rings. The Morgan fingerprint density at radius 1 is 1.08 bits per heavy atom. The molecule has 0 saturated heterocycles. The van der Waals surface area contributed by atoms with Gasteiger partial charge < -0.3 is 9.47 Å². The molecule has 6 nitrogen and oxygen atoms in total. The first kappa shape index (κ1) is 18.3. The fourth-order valence-corrected chi connectivity index (χ4v) is 4.19. The van der Waals surface area contributed by atoms with Gasteiger partial charge in [-0.1, -0.05) is 31.5 Å². The van der Waals surface area contributed by atoms with Crippen molar-refractivity contribution >= 4 is 20.8 Å². The van der Waals surface area contributed by atoms with E-state index in [-0.39, 0.29) is 11.4 Å². The van der Waals surface area contributed by atoms with Gasteiger partial charge >= 0.3 is 5.24 Å². The summed E-state index contributed by atoms with van der Waals surface area (Å²) in [6, 6.07) is 11.8. The number of unbranched alkanes of at least 4 members (excludes halogenated alkanes) is 1. The maximum absolute atomic E-state index is 12.4. The predicted octanol–water partition coefficient (Wildman–Crippen LogP) is 3.79. The fraction of sp³-hybridized carbons (Fsp3) is 0.316. The Morgan fingerprint density at radius 2 is 1.85 bits per heavy atom. The Morgan fingerprint density at radius 3 is 2.58 bits per heavy atom. The van der Waals surface area contributed by atoms with Gasteiger partial charge in [-0.05, 0) is 36.2 Å². The van der Waals surface area contributed by atoms with Crippen molar-refractivity contribution < 1.29 is 22.7 Å². The molecule has 0 aromatic heterocycles. The molecular formula is C19H21NO5S. The number of anilines is 1. The van der Waals surface area contributed by atoms with Crippen LogP contribution in [0.15, 0.2) is 47.4 Å². The molecule has 2 aromatic carbocycles. The lowest BCUT2D eigenvalue weighted by atomic mass is 10.1. The molecule has 3 rings (SSSR count). The molecule has 2 aromatic rings. The number of ether oxygens (including phenoxy) is 2. The monoisotopic (exact) mass is 375 g/mol. The highest BCUT2D eigenvalue weighted by molar-refractivity contribution is 8.07. The van der Waals surface area contributed by atoms with E-state index in [2.05, 4.69) is 6.92 Å². The molecule has 0 aliphatic carbocycles. The van der Waals surface area contributed by atoms with Gasteiger partial charge in [0.2, 0.25) is 0 Å². The summed E-state index contributed by atoms with van der Waals surface area (Å²) in [5.74, 6) is 1.19. The number of fused-ring (bicyclic) bond motifs is 1. The topological polar surface area (TPSA) is 72.9 Å². The molecular weight excluding hydrogens is 354 g/mol. The quantitative estimate of drug-likeness (QED) is 0.689. The van der Waals surface area contributed by atoms with Crippen LogP contribution in [0.1, 0.15) is 25.3 Å². The van der Waals surface area contributed by atoms with E-state index in [9.17, 15) is 13.2 Å². The second-order valence-electron chi connectivity index (χ2n) is 6.01. The molecule has 0 radical (unpaired) electrons. The summed E-state index contributed by atoms with van der Waals surface area (Å²) >= 11 is 0. The van der Waals surface area contributed by atoms with E-state index >= 15 is 0 Å². The second kappa shape index (κ2) is 7.37. The van der Waals surface area contributed by atoms with Crippen molar-refractivity contribution in [2.24, 2.45) is 0 Å². The number of carbonyl (C=O) groups excluding carboxylic acids is 1. The number of amides is 1. The third-order valence-corrected chi connectivity index (χ3v) is 5.82. The van der Waals surface area contributed by atoms with Gasteiger partial charge in [0.05, 0.1) is 25.9 Å². The third kappa shape index (κ3) is 3.26. The van der Waals surface area contributed by atoms with Gasteiger partial charge in [0.25, 0.3) is 9.84 Å². The van der Waals surface area contributed by atoms with Gasteiger partial charge in [-0.3, -0.25) is 9.69 Å². The van der Waals surface area contributed by atoms with Gasteiger partial charge in [-0.15, -0.1) is 0 Å². The first-order valence-electron chi connectivity index (χ1n) is 8.44. The molecule has 26 heavy (non-hydrogen) atoms. The molecule has 0 atom stereocenters. The zero-order chi connectivity index (χ0) is 18.7. The molecule has 1 amide bonds. The van der Waals surface area contributed by atoms with Crippen LogP contribution in [0.5, 0.6) is 11.5 Å². The number of sulfone groups is 1. The van der Waals surface area contributed by atoms with Crippen LogP contribution in [0.25, 0.3) is 0 Å². The minimum absolute atomic E-state index is 0.0523. The Bertz CT molecular complexity index is 923. The van der Waals surface area contributed by atoms with Gasteiger partial charge in [-0.2, -0.15) is 0 Å². The zero-order valence-corrected chi connectivity index (χ0v) is 15.6. The van der Waals surface area contributed by atoms with Crippen LogP contribution < -0.4 is 14.4 Å². The summed E-state index contributed by atoms with van der Waals surface area (Å²) in [5, 5.41) is -0.902. The number of rotatable bonds is 7. The van der Waals surface area contributed by atoms with Crippen LogP contribution in [-0.2, 0) is 16.4 Å². The van der Waals surface area contributed by atoms with Crippen molar-refractivity contribution in [2.75, 3.05) is 18.6 Å². The third-order valence-electron chi connectivity index (χ3n) is 4.22. The summed E-state index contributed by atoms with van der Waals surface area (Å²) in [4.78, 5) is 13.7. The Kier molecular flexibility index (Phi) is 5.18. The number of benzene rings is 2. The number of carbonyl (C=O) groups is 1. The number of para-hydroxylation sites is 1. The highest BCUT2D eigenvalue weighted by atomic mass is 32.2. The molecule has 0 bridgehead atoms. The average molecular weight is 375 g/mol. The van der Waals surface area contributed by atoms with E-state index in [0.717, 1.165) is 18.4 Å². The number of nitrogens with zero attached hydrogens (tertiary/aromatic N) is 1. The normalized spacial score (nSPS) is 15.0. The molecule has 7 heteroatoms. The average Bonchev–Trinajstić information content (AvgIpc) is 2.84. The van der Waals surface area contributed by atoms with Crippen LogP contribution in [0.3, 0.4) is 0 Å². The minimum atomic E-state index is -3.96. The molecule has 1 aliphatic rings. The van der Waals surface area contributed by atoms with Crippen molar-refractivity contribution in [3.05, 3.63) is 48.0 Å². The lowest BCUT2D eigenvalue weighted by molar-refractivity contribution is 0.263. The first-order chi connectivity index (χ1) is 12.5. The largest absolute Gasteiger partial charge is 0.493 e. The van der Waals surface area contributed by atoms with E-state index in [1.54, 1.807) is 37.4 Å². The van der Waals surface area contributed by atoms with Gasteiger partial charge in [0.1, 0.15) is 4.90 Å². The molecule has 138 valence electrons.